The number of amides is 4. The van der Waals surface area contributed by atoms with Crippen molar-refractivity contribution in [3.8, 4) is 0 Å². The number of hydrogen-bond acceptors (Lipinski definition) is 4. The first-order valence-electron chi connectivity index (χ1n) is 7.00. The van der Waals surface area contributed by atoms with E-state index >= 15 is 0 Å². The van der Waals surface area contributed by atoms with Gasteiger partial charge in [-0.3, -0.25) is 14.9 Å². The van der Waals surface area contributed by atoms with E-state index in [1.807, 2.05) is 13.0 Å². The molecule has 6 nitrogen and oxygen atoms in total. The smallest absolute Gasteiger partial charge is 0.335 e. The molecule has 1 aromatic carbocycles. The van der Waals surface area contributed by atoms with Crippen LogP contribution in [0.4, 0.5) is 10.5 Å². The van der Waals surface area contributed by atoms with Crippen molar-refractivity contribution in [1.29, 1.82) is 0 Å². The average molecular weight is 310 g/mol. The molecule has 1 aliphatic heterocycles. The summed E-state index contributed by atoms with van der Waals surface area (Å²) < 4.78 is 5.36. The molecule has 0 atom stereocenters. The molecule has 0 unspecified atom stereocenters. The van der Waals surface area contributed by atoms with Gasteiger partial charge in [-0.25, -0.2) is 9.69 Å². The summed E-state index contributed by atoms with van der Waals surface area (Å²) in [5.74, 6) is -0.386. The number of carbonyl (C=O) groups is 3. The summed E-state index contributed by atoms with van der Waals surface area (Å²) >= 11 is 0. The Morgan fingerprint density at radius 3 is 2.52 bits per heavy atom. The maximum Gasteiger partial charge on any atom is 0.335 e. The zero-order valence-electron chi connectivity index (χ0n) is 12.6. The molecule has 1 N–H and O–H groups in total. The molecule has 4 amide bonds. The fraction of sp³-hybridized carbons (Fsp3) is 0.118. The lowest BCUT2D eigenvalue weighted by Crippen LogP contribution is -2.54. The quantitative estimate of drug-likeness (QED) is 0.683. The number of furan rings is 1. The van der Waals surface area contributed by atoms with Gasteiger partial charge < -0.3 is 4.42 Å². The standard InChI is InChI=1S/C17H14N2O4/c1-10-4-3-5-12(8-10)19-16(21)14(15(20)18-17(19)22)9-13-7-6-11(2)23-13/h3-9H,1-2H3,(H,18,20,22). The predicted molar refractivity (Wildman–Crippen MR) is 83.6 cm³/mol. The molecule has 2 heterocycles. The van der Waals surface area contributed by atoms with Crippen LogP contribution in [0.3, 0.4) is 0 Å². The van der Waals surface area contributed by atoms with Crippen molar-refractivity contribution in [2.24, 2.45) is 0 Å². The zero-order valence-corrected chi connectivity index (χ0v) is 12.6. The van der Waals surface area contributed by atoms with E-state index in [9.17, 15) is 14.4 Å². The second-order valence-corrected chi connectivity index (χ2v) is 5.25. The van der Waals surface area contributed by atoms with Crippen molar-refractivity contribution < 1.29 is 18.8 Å². The molecule has 6 heteroatoms. The highest BCUT2D eigenvalue weighted by atomic mass is 16.3. The third kappa shape index (κ3) is 2.78. The van der Waals surface area contributed by atoms with Gasteiger partial charge in [0.2, 0.25) is 0 Å². The average Bonchev–Trinajstić information content (AvgIpc) is 2.89. The van der Waals surface area contributed by atoms with Gasteiger partial charge >= 0.3 is 6.03 Å². The highest BCUT2D eigenvalue weighted by Crippen LogP contribution is 2.23. The van der Waals surface area contributed by atoms with Crippen molar-refractivity contribution in [2.45, 2.75) is 13.8 Å². The number of urea groups is 1. The number of benzene rings is 1. The van der Waals surface area contributed by atoms with Crippen LogP contribution in [0.15, 0.2) is 46.4 Å². The molecule has 1 aliphatic rings. The Hall–Kier alpha value is -3.15. The van der Waals surface area contributed by atoms with E-state index in [1.54, 1.807) is 37.3 Å². The van der Waals surface area contributed by atoms with Crippen LogP contribution < -0.4 is 10.2 Å². The highest BCUT2D eigenvalue weighted by Gasteiger charge is 2.37. The maximum absolute atomic E-state index is 12.6. The fourth-order valence-corrected chi connectivity index (χ4v) is 2.33. The van der Waals surface area contributed by atoms with Gasteiger partial charge in [0.25, 0.3) is 11.8 Å². The highest BCUT2D eigenvalue weighted by molar-refractivity contribution is 6.39. The lowest BCUT2D eigenvalue weighted by molar-refractivity contribution is -0.122. The van der Waals surface area contributed by atoms with Gasteiger partial charge in [0.05, 0.1) is 5.69 Å². The van der Waals surface area contributed by atoms with Gasteiger partial charge in [-0.1, -0.05) is 12.1 Å². The summed E-state index contributed by atoms with van der Waals surface area (Å²) in [5, 5.41) is 2.17. The molecule has 1 aromatic heterocycles. The minimum Gasteiger partial charge on any atom is -0.462 e. The van der Waals surface area contributed by atoms with Crippen LogP contribution >= 0.6 is 0 Å². The van der Waals surface area contributed by atoms with E-state index in [0.29, 0.717) is 17.2 Å². The van der Waals surface area contributed by atoms with Crippen LogP contribution in [-0.4, -0.2) is 17.8 Å². The maximum atomic E-state index is 12.6. The minimum atomic E-state index is -0.765. The van der Waals surface area contributed by atoms with E-state index in [2.05, 4.69) is 5.32 Å². The van der Waals surface area contributed by atoms with Gasteiger partial charge in [-0.05, 0) is 49.8 Å². The first kappa shape index (κ1) is 14.8. The molecular weight excluding hydrogens is 296 g/mol. The molecule has 23 heavy (non-hydrogen) atoms. The molecular formula is C17H14N2O4. The number of barbiturate groups is 1. The van der Waals surface area contributed by atoms with E-state index in [1.165, 1.54) is 6.08 Å². The van der Waals surface area contributed by atoms with Crippen LogP contribution in [0, 0.1) is 13.8 Å². The van der Waals surface area contributed by atoms with Crippen LogP contribution in [-0.2, 0) is 9.59 Å². The summed E-state index contributed by atoms with van der Waals surface area (Å²) in [6, 6.07) is 9.52. The van der Waals surface area contributed by atoms with Crippen LogP contribution in [0.25, 0.3) is 6.08 Å². The second-order valence-electron chi connectivity index (χ2n) is 5.25. The van der Waals surface area contributed by atoms with Gasteiger partial charge in [0.1, 0.15) is 17.1 Å². The molecule has 116 valence electrons. The van der Waals surface area contributed by atoms with E-state index in [0.717, 1.165) is 10.5 Å². The molecule has 0 spiro atoms. The van der Waals surface area contributed by atoms with Crippen LogP contribution in [0.2, 0.25) is 0 Å². The molecule has 1 fully saturated rings. The Morgan fingerprint density at radius 2 is 1.87 bits per heavy atom. The fourth-order valence-electron chi connectivity index (χ4n) is 2.33. The number of hydrogen-bond donors (Lipinski definition) is 1. The Kier molecular flexibility index (Phi) is 3.57. The molecule has 0 aliphatic carbocycles. The van der Waals surface area contributed by atoms with Crippen LogP contribution in [0.1, 0.15) is 17.1 Å². The molecule has 3 rings (SSSR count). The largest absolute Gasteiger partial charge is 0.462 e. The Labute approximate surface area is 132 Å². The molecule has 0 radical (unpaired) electrons. The van der Waals surface area contributed by atoms with Crippen molar-refractivity contribution in [2.75, 3.05) is 4.90 Å². The van der Waals surface area contributed by atoms with Gasteiger partial charge in [-0.2, -0.15) is 0 Å². The van der Waals surface area contributed by atoms with E-state index in [-0.39, 0.29) is 5.57 Å². The number of nitrogens with one attached hydrogen (secondary N) is 1. The van der Waals surface area contributed by atoms with Crippen molar-refractivity contribution >= 4 is 29.6 Å². The number of rotatable bonds is 2. The Morgan fingerprint density at radius 1 is 1.09 bits per heavy atom. The summed E-state index contributed by atoms with van der Waals surface area (Å²) in [6.07, 6.45) is 1.33. The van der Waals surface area contributed by atoms with Crippen LogP contribution in [0.5, 0.6) is 0 Å². The zero-order chi connectivity index (χ0) is 16.6. The first-order valence-corrected chi connectivity index (χ1v) is 7.00. The predicted octanol–water partition coefficient (Wildman–Crippen LogP) is 2.56. The first-order chi connectivity index (χ1) is 11.0. The molecule has 0 saturated carbocycles. The van der Waals surface area contributed by atoms with Gasteiger partial charge in [0.15, 0.2) is 0 Å². The second kappa shape index (κ2) is 5.57. The summed E-state index contributed by atoms with van der Waals surface area (Å²) in [5.41, 5.74) is 1.15. The Bertz CT molecular complexity index is 848. The summed E-state index contributed by atoms with van der Waals surface area (Å²) in [4.78, 5) is 37.6. The van der Waals surface area contributed by atoms with Gasteiger partial charge in [0, 0.05) is 0 Å². The van der Waals surface area contributed by atoms with Crippen molar-refractivity contribution in [3.63, 3.8) is 0 Å². The van der Waals surface area contributed by atoms with Gasteiger partial charge in [-0.15, -0.1) is 0 Å². The Balaban J connectivity index is 2.02. The number of aryl methyl sites for hydroxylation is 2. The monoisotopic (exact) mass is 310 g/mol. The number of carbonyl (C=O) groups excluding carboxylic acids is 3. The number of anilines is 1. The molecule has 2 aromatic rings. The minimum absolute atomic E-state index is 0.152. The SMILES string of the molecule is Cc1cccc(N2C(=O)NC(=O)C(=Cc3ccc(C)o3)C2=O)c1. The summed E-state index contributed by atoms with van der Waals surface area (Å²) in [6.45, 7) is 3.61. The van der Waals surface area contributed by atoms with Crippen molar-refractivity contribution in [1.82, 2.24) is 5.32 Å². The third-order valence-electron chi connectivity index (χ3n) is 3.41. The molecule has 0 bridgehead atoms. The number of nitrogens with zero attached hydrogens (tertiary/aromatic N) is 1. The van der Waals surface area contributed by atoms with E-state index < -0.39 is 17.8 Å². The molecule has 1 saturated heterocycles. The summed E-state index contributed by atoms with van der Waals surface area (Å²) in [7, 11) is 0. The normalized spacial score (nSPS) is 16.9. The lowest BCUT2D eigenvalue weighted by Gasteiger charge is -2.26. The third-order valence-corrected chi connectivity index (χ3v) is 3.41. The van der Waals surface area contributed by atoms with Crippen molar-refractivity contribution in [3.05, 3.63) is 59.1 Å². The van der Waals surface area contributed by atoms with E-state index in [4.69, 9.17) is 4.42 Å². The number of imide groups is 2. The lowest BCUT2D eigenvalue weighted by atomic mass is 10.1. The topological polar surface area (TPSA) is 79.6 Å².